The lowest BCUT2D eigenvalue weighted by Crippen LogP contribution is -2.41. The molecule has 1 N–H and O–H groups in total. The van der Waals surface area contributed by atoms with Gasteiger partial charge in [0.25, 0.3) is 27.3 Å². The van der Waals surface area contributed by atoms with E-state index < -0.39 is 10.0 Å². The highest BCUT2D eigenvalue weighted by Crippen LogP contribution is 2.09. The minimum Gasteiger partial charge on any atom is -0.618 e. The summed E-state index contributed by atoms with van der Waals surface area (Å²) in [5.74, 6) is 0. The van der Waals surface area contributed by atoms with Crippen molar-refractivity contribution in [2.75, 3.05) is 0 Å². The van der Waals surface area contributed by atoms with Crippen molar-refractivity contribution in [2.24, 2.45) is 5.10 Å². The van der Waals surface area contributed by atoms with Gasteiger partial charge >= 0.3 is 5.69 Å². The summed E-state index contributed by atoms with van der Waals surface area (Å²) in [7, 11) is -3.86. The number of nitrogens with one attached hydrogen (secondary N) is 1. The Morgan fingerprint density at radius 3 is 2.36 bits per heavy atom. The molecule has 0 bridgehead atoms. The fourth-order valence-corrected chi connectivity index (χ4v) is 3.01. The van der Waals surface area contributed by atoms with Crippen LogP contribution in [-0.4, -0.2) is 14.6 Å². The van der Waals surface area contributed by atoms with Crippen LogP contribution in [0.1, 0.15) is 11.3 Å². The van der Waals surface area contributed by atoms with Crippen LogP contribution in [0.15, 0.2) is 64.7 Å². The van der Waals surface area contributed by atoms with E-state index in [1.807, 2.05) is 11.8 Å². The highest BCUT2D eigenvalue weighted by molar-refractivity contribution is 7.89. The van der Waals surface area contributed by atoms with E-state index in [-0.39, 0.29) is 21.6 Å². The SMILES string of the molecule is Cc1ccc(S(=O)(=O)N/N=C/c2c[n+]([O-])c3ccccc3[n+]2[O-])cc1. The topological polar surface area (TPSA) is 112 Å². The van der Waals surface area contributed by atoms with Gasteiger partial charge in [-0.2, -0.15) is 27.8 Å². The molecule has 1 heterocycles. The molecule has 3 rings (SSSR count). The Labute approximate surface area is 143 Å². The van der Waals surface area contributed by atoms with Crippen LogP contribution in [0.25, 0.3) is 11.0 Å². The number of para-hydroxylation sites is 2. The van der Waals surface area contributed by atoms with E-state index >= 15 is 0 Å². The second-order valence-corrected chi connectivity index (χ2v) is 6.99. The van der Waals surface area contributed by atoms with E-state index in [0.717, 1.165) is 18.0 Å². The lowest BCUT2D eigenvalue weighted by atomic mass is 10.2. The predicted octanol–water partition coefficient (Wildman–Crippen LogP) is 0.727. The highest BCUT2D eigenvalue weighted by atomic mass is 32.2. The zero-order valence-corrected chi connectivity index (χ0v) is 14.0. The van der Waals surface area contributed by atoms with Crippen molar-refractivity contribution in [3.63, 3.8) is 0 Å². The van der Waals surface area contributed by atoms with Crippen LogP contribution in [0, 0.1) is 17.3 Å². The number of fused-ring (bicyclic) bond motifs is 1. The number of sulfonamides is 1. The summed E-state index contributed by atoms with van der Waals surface area (Å²) in [6.45, 7) is 1.84. The maximum atomic E-state index is 12.2. The van der Waals surface area contributed by atoms with E-state index in [1.54, 1.807) is 24.3 Å². The van der Waals surface area contributed by atoms with Gasteiger partial charge in [0.2, 0.25) is 0 Å². The Balaban J connectivity index is 1.89. The number of nitrogens with zero attached hydrogens (tertiary/aromatic N) is 3. The van der Waals surface area contributed by atoms with Gasteiger partial charge in [0.05, 0.1) is 4.90 Å². The molecule has 0 aliphatic carbocycles. The number of rotatable bonds is 4. The molecule has 0 unspecified atom stereocenters. The normalized spacial score (nSPS) is 11.9. The Kier molecular flexibility index (Phi) is 4.24. The van der Waals surface area contributed by atoms with Gasteiger partial charge in [0.1, 0.15) is 6.21 Å². The van der Waals surface area contributed by atoms with Gasteiger partial charge in [-0.1, -0.05) is 29.8 Å². The molecule has 1 aromatic heterocycles. The highest BCUT2D eigenvalue weighted by Gasteiger charge is 2.18. The van der Waals surface area contributed by atoms with Gasteiger partial charge in [0.15, 0.2) is 0 Å². The zero-order chi connectivity index (χ0) is 18.0. The molecule has 128 valence electrons. The number of aryl methyl sites for hydroxylation is 1. The molecule has 2 aromatic carbocycles. The summed E-state index contributed by atoms with van der Waals surface area (Å²) in [6, 6.07) is 12.5. The Bertz CT molecular complexity index is 1060. The first-order valence-electron chi connectivity index (χ1n) is 7.24. The van der Waals surface area contributed by atoms with Crippen LogP contribution in [0.5, 0.6) is 0 Å². The molecule has 0 fully saturated rings. The summed E-state index contributed by atoms with van der Waals surface area (Å²) < 4.78 is 25.3. The lowest BCUT2D eigenvalue weighted by molar-refractivity contribution is -0.629. The standard InChI is InChI=1S/C16H14N4O4S/c1-12-6-8-14(9-7-12)25(23,24)18-17-10-13-11-19(21)15-4-2-3-5-16(15)20(13)22/h2-11,18H,1H3/b17-10+. The molecule has 0 saturated heterocycles. The fourth-order valence-electron chi connectivity index (χ4n) is 2.22. The summed E-state index contributed by atoms with van der Waals surface area (Å²) in [5, 5.41) is 27.8. The fraction of sp³-hybridized carbons (Fsp3) is 0.0625. The summed E-state index contributed by atoms with van der Waals surface area (Å²) >= 11 is 0. The molecular formula is C16H14N4O4S. The van der Waals surface area contributed by atoms with Gasteiger partial charge in [-0.3, -0.25) is 0 Å². The van der Waals surface area contributed by atoms with Crippen molar-refractivity contribution in [3.8, 4) is 0 Å². The van der Waals surface area contributed by atoms with Crippen LogP contribution in [0.4, 0.5) is 0 Å². The minimum atomic E-state index is -3.86. The molecule has 0 radical (unpaired) electrons. The van der Waals surface area contributed by atoms with Crippen LogP contribution in [-0.2, 0) is 10.0 Å². The number of hydrogen-bond acceptors (Lipinski definition) is 5. The summed E-state index contributed by atoms with van der Waals surface area (Å²) in [5.41, 5.74) is 1.18. The van der Waals surface area contributed by atoms with Crippen LogP contribution < -0.4 is 14.3 Å². The van der Waals surface area contributed by atoms with Crippen LogP contribution >= 0.6 is 0 Å². The molecule has 0 aliphatic rings. The van der Waals surface area contributed by atoms with Crippen molar-refractivity contribution in [3.05, 3.63) is 76.4 Å². The third-order valence-electron chi connectivity index (χ3n) is 3.52. The first-order chi connectivity index (χ1) is 11.9. The van der Waals surface area contributed by atoms with Crippen LogP contribution in [0.3, 0.4) is 0 Å². The van der Waals surface area contributed by atoms with E-state index in [1.165, 1.54) is 24.3 Å². The molecule has 0 aliphatic heterocycles. The third-order valence-corrected chi connectivity index (χ3v) is 4.76. The summed E-state index contributed by atoms with van der Waals surface area (Å²) in [6.07, 6.45) is 2.01. The number of aromatic nitrogens is 2. The van der Waals surface area contributed by atoms with Gasteiger partial charge < -0.3 is 10.4 Å². The first kappa shape index (κ1) is 16.7. The molecule has 0 spiro atoms. The average Bonchev–Trinajstić information content (AvgIpc) is 2.59. The molecule has 3 aromatic rings. The Morgan fingerprint density at radius 2 is 1.68 bits per heavy atom. The van der Waals surface area contributed by atoms with Crippen molar-refractivity contribution in [1.29, 1.82) is 0 Å². The average molecular weight is 358 g/mol. The second-order valence-electron chi connectivity index (χ2n) is 5.33. The molecule has 25 heavy (non-hydrogen) atoms. The van der Waals surface area contributed by atoms with E-state index in [9.17, 15) is 18.8 Å². The molecule has 0 saturated carbocycles. The second kappa shape index (κ2) is 6.36. The maximum absolute atomic E-state index is 12.2. The quantitative estimate of drug-likeness (QED) is 0.320. The molecule has 0 atom stereocenters. The number of hydrogen-bond donors (Lipinski definition) is 1. The van der Waals surface area contributed by atoms with Crippen LogP contribution in [0.2, 0.25) is 0 Å². The zero-order valence-electron chi connectivity index (χ0n) is 13.2. The van der Waals surface area contributed by atoms with E-state index in [0.29, 0.717) is 9.46 Å². The largest absolute Gasteiger partial charge is 0.618 e. The Hall–Kier alpha value is -3.20. The smallest absolute Gasteiger partial charge is 0.302 e. The van der Waals surface area contributed by atoms with Crippen molar-refractivity contribution in [1.82, 2.24) is 4.83 Å². The van der Waals surface area contributed by atoms with Gasteiger partial charge in [-0.05, 0) is 19.1 Å². The van der Waals surface area contributed by atoms with E-state index in [2.05, 4.69) is 5.10 Å². The lowest BCUT2D eigenvalue weighted by Gasteiger charge is -2.06. The molecule has 0 amide bonds. The van der Waals surface area contributed by atoms with Crippen molar-refractivity contribution in [2.45, 2.75) is 11.8 Å². The van der Waals surface area contributed by atoms with Gasteiger partial charge in [-0.25, -0.2) is 0 Å². The monoisotopic (exact) mass is 358 g/mol. The summed E-state index contributed by atoms with van der Waals surface area (Å²) in [4.78, 5) is 2.06. The van der Waals surface area contributed by atoms with Gasteiger partial charge in [0, 0.05) is 12.1 Å². The number of hydrazone groups is 1. The van der Waals surface area contributed by atoms with Crippen molar-refractivity contribution < 1.29 is 17.9 Å². The third kappa shape index (κ3) is 3.36. The molecular weight excluding hydrogens is 344 g/mol. The number of benzene rings is 2. The van der Waals surface area contributed by atoms with Gasteiger partial charge in [-0.15, -0.1) is 0 Å². The van der Waals surface area contributed by atoms with E-state index in [4.69, 9.17) is 0 Å². The predicted molar refractivity (Wildman–Crippen MR) is 91.0 cm³/mol. The molecule has 8 nitrogen and oxygen atoms in total. The molecule has 9 heteroatoms. The maximum Gasteiger partial charge on any atom is 0.302 e. The minimum absolute atomic E-state index is 0.0441. The first-order valence-corrected chi connectivity index (χ1v) is 8.73. The Morgan fingerprint density at radius 1 is 1.04 bits per heavy atom. The van der Waals surface area contributed by atoms with Crippen molar-refractivity contribution >= 4 is 27.3 Å².